The van der Waals surface area contributed by atoms with Crippen molar-refractivity contribution < 1.29 is 9.90 Å². The fourth-order valence-corrected chi connectivity index (χ4v) is 2.25. The van der Waals surface area contributed by atoms with Crippen molar-refractivity contribution in [2.75, 3.05) is 0 Å². The maximum absolute atomic E-state index is 10.4. The zero-order chi connectivity index (χ0) is 13.0. The van der Waals surface area contributed by atoms with Gasteiger partial charge in [-0.2, -0.15) is 0 Å². The molecule has 0 aliphatic rings. The Morgan fingerprint density at radius 1 is 1.22 bits per heavy atom. The van der Waals surface area contributed by atoms with Gasteiger partial charge in [-0.1, -0.05) is 18.0 Å². The van der Waals surface area contributed by atoms with Gasteiger partial charge in [-0.05, 0) is 43.5 Å². The molecule has 18 heavy (non-hydrogen) atoms. The first-order chi connectivity index (χ1) is 8.65. The number of carboxylic acids is 1. The Labute approximate surface area is 111 Å². The van der Waals surface area contributed by atoms with Gasteiger partial charge in [0.25, 0.3) is 0 Å². The summed E-state index contributed by atoms with van der Waals surface area (Å²) in [6, 6.07) is 7.91. The van der Waals surface area contributed by atoms with Crippen LogP contribution in [0.25, 0.3) is 10.9 Å². The highest BCUT2D eigenvalue weighted by atomic mass is 35.5. The van der Waals surface area contributed by atoms with Gasteiger partial charge in [-0.3, -0.25) is 4.79 Å². The van der Waals surface area contributed by atoms with Crippen LogP contribution >= 0.6 is 11.6 Å². The molecule has 2 rings (SSSR count). The number of rotatable bonds is 6. The molecule has 1 aromatic heterocycles. The van der Waals surface area contributed by atoms with Gasteiger partial charge in [0.1, 0.15) is 0 Å². The molecule has 0 amide bonds. The molecule has 0 saturated carbocycles. The molecule has 2 N–H and O–H groups in total. The number of H-pyrrole nitrogens is 1. The van der Waals surface area contributed by atoms with Crippen LogP contribution in [0.4, 0.5) is 0 Å². The van der Waals surface area contributed by atoms with Crippen molar-refractivity contribution in [3.05, 3.63) is 35.0 Å². The zero-order valence-electron chi connectivity index (χ0n) is 10.1. The topological polar surface area (TPSA) is 53.1 Å². The normalized spacial score (nSPS) is 10.9. The second-order valence-corrected chi connectivity index (χ2v) is 4.92. The van der Waals surface area contributed by atoms with Crippen LogP contribution in [0.3, 0.4) is 0 Å². The second kappa shape index (κ2) is 5.91. The van der Waals surface area contributed by atoms with E-state index in [1.54, 1.807) is 0 Å². The molecule has 1 heterocycles. The van der Waals surface area contributed by atoms with E-state index in [2.05, 4.69) is 11.1 Å². The molecular formula is C14H16ClNO2. The van der Waals surface area contributed by atoms with Gasteiger partial charge in [0.2, 0.25) is 0 Å². The number of aromatic nitrogens is 1. The summed E-state index contributed by atoms with van der Waals surface area (Å²) in [6.45, 7) is 0. The summed E-state index contributed by atoms with van der Waals surface area (Å²) >= 11 is 5.93. The van der Waals surface area contributed by atoms with Gasteiger partial charge in [0, 0.05) is 28.0 Å². The predicted octanol–water partition coefficient (Wildman–Crippen LogP) is 4.01. The van der Waals surface area contributed by atoms with Gasteiger partial charge in [0.15, 0.2) is 0 Å². The van der Waals surface area contributed by atoms with Gasteiger partial charge >= 0.3 is 5.97 Å². The average molecular weight is 266 g/mol. The first-order valence-electron chi connectivity index (χ1n) is 6.14. The van der Waals surface area contributed by atoms with E-state index in [1.807, 2.05) is 18.2 Å². The third-order valence-electron chi connectivity index (χ3n) is 2.98. The van der Waals surface area contributed by atoms with Gasteiger partial charge in [0.05, 0.1) is 0 Å². The molecule has 0 atom stereocenters. The van der Waals surface area contributed by atoms with Crippen molar-refractivity contribution >= 4 is 28.5 Å². The van der Waals surface area contributed by atoms with Crippen molar-refractivity contribution in [2.24, 2.45) is 0 Å². The number of halogens is 1. The number of aliphatic carboxylic acids is 1. The number of aryl methyl sites for hydroxylation is 1. The Morgan fingerprint density at radius 3 is 2.83 bits per heavy atom. The van der Waals surface area contributed by atoms with Crippen LogP contribution in [0.5, 0.6) is 0 Å². The molecule has 0 unspecified atom stereocenters. The van der Waals surface area contributed by atoms with Crippen molar-refractivity contribution in [1.82, 2.24) is 4.98 Å². The Bertz CT molecular complexity index is 548. The molecular weight excluding hydrogens is 250 g/mol. The summed E-state index contributed by atoms with van der Waals surface area (Å²) in [5, 5.41) is 10.4. The molecule has 0 radical (unpaired) electrons. The standard InChI is InChI=1S/C14H16ClNO2/c15-11-6-7-13-10(8-11)9-12(16-13)4-2-1-3-5-14(17)18/h6-9,16H,1-5H2,(H,17,18). The van der Waals surface area contributed by atoms with E-state index in [1.165, 1.54) is 5.69 Å². The molecule has 0 spiro atoms. The highest BCUT2D eigenvalue weighted by molar-refractivity contribution is 6.31. The largest absolute Gasteiger partial charge is 0.481 e. The van der Waals surface area contributed by atoms with Crippen molar-refractivity contribution in [2.45, 2.75) is 32.1 Å². The van der Waals surface area contributed by atoms with Gasteiger partial charge in [-0.25, -0.2) is 0 Å². The molecule has 0 saturated heterocycles. The summed E-state index contributed by atoms with van der Waals surface area (Å²) < 4.78 is 0. The molecule has 2 aromatic rings. The highest BCUT2D eigenvalue weighted by Gasteiger charge is 2.02. The van der Waals surface area contributed by atoms with Gasteiger partial charge < -0.3 is 10.1 Å². The van der Waals surface area contributed by atoms with Crippen LogP contribution in [-0.2, 0) is 11.2 Å². The fraction of sp³-hybridized carbons (Fsp3) is 0.357. The van der Waals surface area contributed by atoms with Crippen LogP contribution in [0, 0.1) is 0 Å². The molecule has 0 bridgehead atoms. The number of aromatic amines is 1. The summed E-state index contributed by atoms with van der Waals surface area (Å²) in [5.41, 5.74) is 2.28. The summed E-state index contributed by atoms with van der Waals surface area (Å²) in [4.78, 5) is 13.7. The quantitative estimate of drug-likeness (QED) is 0.776. The number of carbonyl (C=O) groups is 1. The van der Waals surface area contributed by atoms with Crippen LogP contribution in [0.15, 0.2) is 24.3 Å². The minimum absolute atomic E-state index is 0.266. The van der Waals surface area contributed by atoms with Crippen molar-refractivity contribution in [3.63, 3.8) is 0 Å². The average Bonchev–Trinajstić information content (AvgIpc) is 2.70. The third-order valence-corrected chi connectivity index (χ3v) is 3.21. The number of fused-ring (bicyclic) bond motifs is 1. The van der Waals surface area contributed by atoms with Crippen LogP contribution in [-0.4, -0.2) is 16.1 Å². The lowest BCUT2D eigenvalue weighted by molar-refractivity contribution is -0.137. The van der Waals surface area contributed by atoms with Crippen LogP contribution < -0.4 is 0 Å². The highest BCUT2D eigenvalue weighted by Crippen LogP contribution is 2.21. The SMILES string of the molecule is O=C(O)CCCCCc1cc2cc(Cl)ccc2[nH]1. The number of unbranched alkanes of at least 4 members (excludes halogenated alkanes) is 2. The van der Waals surface area contributed by atoms with Crippen LogP contribution in [0.2, 0.25) is 5.02 Å². The molecule has 0 aliphatic heterocycles. The zero-order valence-corrected chi connectivity index (χ0v) is 10.8. The number of hydrogen-bond acceptors (Lipinski definition) is 1. The lowest BCUT2D eigenvalue weighted by atomic mass is 10.1. The molecule has 1 aromatic carbocycles. The van der Waals surface area contributed by atoms with E-state index in [-0.39, 0.29) is 6.42 Å². The first-order valence-corrected chi connectivity index (χ1v) is 6.52. The molecule has 0 aliphatic carbocycles. The number of hydrogen-bond donors (Lipinski definition) is 2. The molecule has 3 nitrogen and oxygen atoms in total. The molecule has 4 heteroatoms. The summed E-state index contributed by atoms with van der Waals surface area (Å²) in [7, 11) is 0. The number of benzene rings is 1. The third kappa shape index (κ3) is 3.50. The Hall–Kier alpha value is -1.48. The Balaban J connectivity index is 1.86. The van der Waals surface area contributed by atoms with E-state index in [4.69, 9.17) is 16.7 Å². The maximum Gasteiger partial charge on any atom is 0.303 e. The van der Waals surface area contributed by atoms with Crippen molar-refractivity contribution in [3.8, 4) is 0 Å². The van der Waals surface area contributed by atoms with E-state index in [9.17, 15) is 4.79 Å². The maximum atomic E-state index is 10.4. The van der Waals surface area contributed by atoms with E-state index in [0.717, 1.165) is 41.6 Å². The Morgan fingerprint density at radius 2 is 2.06 bits per heavy atom. The first kappa shape index (κ1) is 13.0. The predicted molar refractivity (Wildman–Crippen MR) is 73.1 cm³/mol. The van der Waals surface area contributed by atoms with E-state index in [0.29, 0.717) is 0 Å². The Kier molecular flexibility index (Phi) is 4.26. The molecule has 96 valence electrons. The number of carboxylic acid groups (broad SMARTS) is 1. The minimum atomic E-state index is -0.713. The fourth-order valence-electron chi connectivity index (χ4n) is 2.07. The molecule has 0 fully saturated rings. The van der Waals surface area contributed by atoms with E-state index >= 15 is 0 Å². The van der Waals surface area contributed by atoms with E-state index < -0.39 is 5.97 Å². The van der Waals surface area contributed by atoms with Crippen LogP contribution in [0.1, 0.15) is 31.4 Å². The number of nitrogens with one attached hydrogen (secondary N) is 1. The lowest BCUT2D eigenvalue weighted by Crippen LogP contribution is -1.94. The summed E-state index contributed by atoms with van der Waals surface area (Å²) in [5.74, 6) is -0.713. The lowest BCUT2D eigenvalue weighted by Gasteiger charge is -1.97. The minimum Gasteiger partial charge on any atom is -0.481 e. The summed E-state index contributed by atoms with van der Waals surface area (Å²) in [6.07, 6.45) is 3.92. The van der Waals surface area contributed by atoms with Gasteiger partial charge in [-0.15, -0.1) is 0 Å². The monoisotopic (exact) mass is 265 g/mol. The second-order valence-electron chi connectivity index (χ2n) is 4.48. The smallest absolute Gasteiger partial charge is 0.303 e. The van der Waals surface area contributed by atoms with Crippen molar-refractivity contribution in [1.29, 1.82) is 0 Å².